The van der Waals surface area contributed by atoms with Crippen molar-refractivity contribution in [3.05, 3.63) is 51.7 Å². The Labute approximate surface area is 152 Å². The molecule has 2 amide bonds. The molecule has 0 radical (unpaired) electrons. The zero-order valence-electron chi connectivity index (χ0n) is 13.9. The number of anilines is 1. The Bertz CT molecular complexity index is 942. The first-order chi connectivity index (χ1) is 12.4. The van der Waals surface area contributed by atoms with Gasteiger partial charge in [0.15, 0.2) is 0 Å². The minimum absolute atomic E-state index is 0.0286. The Hall–Kier alpha value is -3.51. The number of nitrogens with one attached hydrogen (secondary N) is 1. The molecule has 2 aromatic rings. The molecule has 0 aliphatic carbocycles. The molecule has 0 aliphatic heterocycles. The zero-order chi connectivity index (χ0) is 19.3. The van der Waals surface area contributed by atoms with Crippen LogP contribution in [0.15, 0.2) is 30.1 Å². The van der Waals surface area contributed by atoms with E-state index in [0.29, 0.717) is 11.1 Å². The molecule has 8 nitrogen and oxygen atoms in total. The fourth-order valence-electron chi connectivity index (χ4n) is 2.13. The van der Waals surface area contributed by atoms with Crippen LogP contribution in [0.3, 0.4) is 0 Å². The van der Waals surface area contributed by atoms with E-state index in [0.717, 1.165) is 11.3 Å². The summed E-state index contributed by atoms with van der Waals surface area (Å²) in [5, 5.41) is 11.8. The quantitative estimate of drug-likeness (QED) is 0.469. The molecule has 0 bridgehead atoms. The first-order valence-electron chi connectivity index (χ1n) is 7.23. The summed E-state index contributed by atoms with van der Waals surface area (Å²) in [5.41, 5.74) is 6.06. The minimum atomic E-state index is -0.731. The van der Waals surface area contributed by atoms with Crippen LogP contribution >= 0.6 is 11.3 Å². The van der Waals surface area contributed by atoms with Gasteiger partial charge in [-0.15, -0.1) is 11.3 Å². The summed E-state index contributed by atoms with van der Waals surface area (Å²) in [4.78, 5) is 39.9. The van der Waals surface area contributed by atoms with Gasteiger partial charge >= 0.3 is 5.97 Å². The number of esters is 1. The number of pyridine rings is 1. The van der Waals surface area contributed by atoms with Gasteiger partial charge in [-0.25, -0.2) is 4.79 Å². The van der Waals surface area contributed by atoms with Gasteiger partial charge in [0.05, 0.1) is 17.6 Å². The van der Waals surface area contributed by atoms with Gasteiger partial charge in [-0.1, -0.05) is 0 Å². The second-order valence-corrected chi connectivity index (χ2v) is 6.04. The molecule has 0 saturated heterocycles. The maximum Gasteiger partial charge on any atom is 0.341 e. The summed E-state index contributed by atoms with van der Waals surface area (Å²) >= 11 is 0.846. The van der Waals surface area contributed by atoms with Gasteiger partial charge in [0.2, 0.25) is 0 Å². The second-order valence-electron chi connectivity index (χ2n) is 5.02. The van der Waals surface area contributed by atoms with Gasteiger partial charge in [0.25, 0.3) is 11.8 Å². The molecule has 2 heterocycles. The van der Waals surface area contributed by atoms with Gasteiger partial charge in [-0.3, -0.25) is 14.6 Å². The number of amides is 2. The smallest absolute Gasteiger partial charge is 0.341 e. The van der Waals surface area contributed by atoms with E-state index in [1.807, 2.05) is 0 Å². The van der Waals surface area contributed by atoms with Crippen molar-refractivity contribution in [2.24, 2.45) is 5.73 Å². The van der Waals surface area contributed by atoms with E-state index in [1.165, 1.54) is 32.5 Å². The topological polar surface area (TPSA) is 135 Å². The van der Waals surface area contributed by atoms with Crippen LogP contribution in [0.25, 0.3) is 6.08 Å². The number of ether oxygens (including phenoxy) is 1. The van der Waals surface area contributed by atoms with E-state index >= 15 is 0 Å². The van der Waals surface area contributed by atoms with Gasteiger partial charge in [0.1, 0.15) is 16.6 Å². The molecule has 0 spiro atoms. The first-order valence-corrected chi connectivity index (χ1v) is 8.05. The van der Waals surface area contributed by atoms with Crippen LogP contribution in [0.5, 0.6) is 0 Å². The number of thiophene rings is 1. The van der Waals surface area contributed by atoms with Crippen LogP contribution in [0.4, 0.5) is 5.00 Å². The normalized spacial score (nSPS) is 10.7. The number of nitrogens with two attached hydrogens (primary N) is 1. The fraction of sp³-hybridized carbons (Fsp3) is 0.118. The summed E-state index contributed by atoms with van der Waals surface area (Å²) in [6.07, 6.45) is 4.43. The van der Waals surface area contributed by atoms with E-state index in [4.69, 9.17) is 10.5 Å². The average Bonchev–Trinajstić information content (AvgIpc) is 2.96. The van der Waals surface area contributed by atoms with Crippen LogP contribution in [-0.4, -0.2) is 29.9 Å². The van der Waals surface area contributed by atoms with Crippen molar-refractivity contribution >= 4 is 40.2 Å². The Morgan fingerprint density at radius 1 is 1.35 bits per heavy atom. The van der Waals surface area contributed by atoms with Gasteiger partial charge in [-0.05, 0) is 36.3 Å². The lowest BCUT2D eigenvalue weighted by Crippen LogP contribution is -2.15. The number of rotatable bonds is 5. The summed E-state index contributed by atoms with van der Waals surface area (Å²) < 4.78 is 4.69. The molecule has 132 valence electrons. The van der Waals surface area contributed by atoms with Crippen LogP contribution in [-0.2, 0) is 9.53 Å². The summed E-state index contributed by atoms with van der Waals surface area (Å²) in [7, 11) is 1.18. The lowest BCUT2D eigenvalue weighted by Gasteiger charge is -2.05. The third-order valence-electron chi connectivity index (χ3n) is 3.37. The highest BCUT2D eigenvalue weighted by atomic mass is 32.1. The Morgan fingerprint density at radius 2 is 2.00 bits per heavy atom. The van der Waals surface area contributed by atoms with Gasteiger partial charge < -0.3 is 15.8 Å². The van der Waals surface area contributed by atoms with Crippen molar-refractivity contribution in [1.29, 1.82) is 5.26 Å². The number of hydrogen-bond acceptors (Lipinski definition) is 7. The molecule has 0 aromatic carbocycles. The van der Waals surface area contributed by atoms with Crippen molar-refractivity contribution in [2.45, 2.75) is 6.92 Å². The molecule has 3 N–H and O–H groups in total. The number of carbonyl (C=O) groups is 3. The van der Waals surface area contributed by atoms with Crippen molar-refractivity contribution in [2.75, 3.05) is 12.4 Å². The lowest BCUT2D eigenvalue weighted by atomic mass is 10.1. The van der Waals surface area contributed by atoms with E-state index in [1.54, 1.807) is 18.2 Å². The summed E-state index contributed by atoms with van der Waals surface area (Å²) in [5.74, 6) is -2.18. The largest absolute Gasteiger partial charge is 0.465 e. The third-order valence-corrected chi connectivity index (χ3v) is 4.59. The van der Waals surface area contributed by atoms with E-state index < -0.39 is 17.8 Å². The second kappa shape index (κ2) is 8.04. The Morgan fingerprint density at radius 3 is 2.54 bits per heavy atom. The highest BCUT2D eigenvalue weighted by Gasteiger charge is 2.26. The molecular weight excluding hydrogens is 356 g/mol. The molecule has 0 atom stereocenters. The summed E-state index contributed by atoms with van der Waals surface area (Å²) in [6.45, 7) is 1.52. The third kappa shape index (κ3) is 3.93. The van der Waals surface area contributed by atoms with Crippen molar-refractivity contribution in [3.63, 3.8) is 0 Å². The molecule has 2 rings (SSSR count). The van der Waals surface area contributed by atoms with Crippen LogP contribution < -0.4 is 11.1 Å². The number of methoxy groups -OCH3 is 1. The molecule has 0 aliphatic rings. The Kier molecular flexibility index (Phi) is 5.82. The fourth-order valence-corrected chi connectivity index (χ4v) is 3.17. The number of aromatic nitrogens is 1. The van der Waals surface area contributed by atoms with Gasteiger partial charge in [-0.2, -0.15) is 5.26 Å². The Balaban J connectivity index is 2.40. The molecule has 0 fully saturated rings. The van der Waals surface area contributed by atoms with E-state index in [-0.39, 0.29) is 21.0 Å². The van der Waals surface area contributed by atoms with Crippen molar-refractivity contribution in [3.8, 4) is 6.07 Å². The minimum Gasteiger partial charge on any atom is -0.465 e. The molecule has 2 aromatic heterocycles. The van der Waals surface area contributed by atoms with Crippen LogP contribution in [0, 0.1) is 18.3 Å². The van der Waals surface area contributed by atoms with Crippen molar-refractivity contribution < 1.29 is 19.1 Å². The molecule has 0 unspecified atom stereocenters. The van der Waals surface area contributed by atoms with Crippen LogP contribution in [0.1, 0.15) is 31.2 Å². The highest BCUT2D eigenvalue weighted by Crippen LogP contribution is 2.33. The lowest BCUT2D eigenvalue weighted by molar-refractivity contribution is -0.112. The summed E-state index contributed by atoms with van der Waals surface area (Å²) in [6, 6.07) is 5.06. The van der Waals surface area contributed by atoms with E-state index in [9.17, 15) is 19.6 Å². The molecule has 9 heteroatoms. The van der Waals surface area contributed by atoms with Gasteiger partial charge in [0, 0.05) is 12.4 Å². The predicted octanol–water partition coefficient (Wildman–Crippen LogP) is 1.88. The van der Waals surface area contributed by atoms with Crippen LogP contribution in [0.2, 0.25) is 0 Å². The zero-order valence-corrected chi connectivity index (χ0v) is 14.7. The number of hydrogen-bond donors (Lipinski definition) is 2. The molecule has 26 heavy (non-hydrogen) atoms. The molecular formula is C17H14N4O4S. The number of primary amides is 1. The maximum atomic E-state index is 12.4. The first kappa shape index (κ1) is 18.8. The maximum absolute atomic E-state index is 12.4. The monoisotopic (exact) mass is 370 g/mol. The number of nitriles is 1. The predicted molar refractivity (Wildman–Crippen MR) is 95.4 cm³/mol. The number of nitrogens with zero attached hydrogens (tertiary/aromatic N) is 2. The molecule has 0 saturated carbocycles. The highest BCUT2D eigenvalue weighted by molar-refractivity contribution is 7.18. The average molecular weight is 370 g/mol. The standard InChI is InChI=1S/C17H14N4O4S/c1-9-12(17(24)25-2)16(26-13(9)14(19)22)21-15(23)11(8-18)7-10-3-5-20-6-4-10/h3-7H,1-2H3,(H2,19,22)(H,21,23). The SMILES string of the molecule is COC(=O)c1c(NC(=O)C(C#N)=Cc2ccncc2)sc(C(N)=O)c1C. The number of carbonyl (C=O) groups excluding carboxylic acids is 3. The van der Waals surface area contributed by atoms with E-state index in [2.05, 4.69) is 10.3 Å². The van der Waals surface area contributed by atoms with Crippen molar-refractivity contribution in [1.82, 2.24) is 4.98 Å².